The first-order chi connectivity index (χ1) is 7.54. The van der Waals surface area contributed by atoms with E-state index in [0.29, 0.717) is 11.0 Å². The van der Waals surface area contributed by atoms with Crippen molar-refractivity contribution in [1.29, 1.82) is 0 Å². The molecule has 1 atom stereocenters. The van der Waals surface area contributed by atoms with E-state index >= 15 is 0 Å². The fourth-order valence-corrected chi connectivity index (χ4v) is 2.91. The van der Waals surface area contributed by atoms with Gasteiger partial charge in [-0.25, -0.2) is 9.97 Å². The van der Waals surface area contributed by atoms with Gasteiger partial charge in [0.25, 0.3) is 0 Å². The van der Waals surface area contributed by atoms with Crippen molar-refractivity contribution in [2.24, 2.45) is 0 Å². The first-order valence-corrected chi connectivity index (χ1v) is 6.20. The van der Waals surface area contributed by atoms with Gasteiger partial charge in [0.2, 0.25) is 0 Å². The second-order valence-electron chi connectivity index (χ2n) is 3.71. The van der Waals surface area contributed by atoms with Gasteiger partial charge in [0.05, 0.1) is 5.39 Å². The molecule has 0 amide bonds. The van der Waals surface area contributed by atoms with E-state index in [-0.39, 0.29) is 6.10 Å². The molecule has 0 N–H and O–H groups in total. The van der Waals surface area contributed by atoms with Gasteiger partial charge < -0.3 is 4.74 Å². The molecule has 0 aliphatic rings. The molecular weight excluding hydrogens is 244 g/mol. The topological polar surface area (TPSA) is 35.0 Å². The van der Waals surface area contributed by atoms with Crippen LogP contribution in [0.1, 0.15) is 29.3 Å². The molecule has 86 valence electrons. The number of aromatic nitrogens is 2. The van der Waals surface area contributed by atoms with Crippen molar-refractivity contribution >= 4 is 33.2 Å². The molecule has 0 saturated heterocycles. The minimum Gasteiger partial charge on any atom is -0.374 e. The van der Waals surface area contributed by atoms with Crippen LogP contribution in [0.4, 0.5) is 0 Å². The first kappa shape index (κ1) is 11.8. The first-order valence-electron chi connectivity index (χ1n) is 5.00. The number of halogens is 1. The molecule has 0 fully saturated rings. The van der Waals surface area contributed by atoms with Gasteiger partial charge in [-0.05, 0) is 26.3 Å². The maximum absolute atomic E-state index is 6.18. The summed E-state index contributed by atoms with van der Waals surface area (Å²) in [6, 6.07) is 0. The monoisotopic (exact) mass is 256 g/mol. The van der Waals surface area contributed by atoms with E-state index in [4.69, 9.17) is 16.3 Å². The zero-order valence-electron chi connectivity index (χ0n) is 9.67. The van der Waals surface area contributed by atoms with Crippen LogP contribution < -0.4 is 0 Å². The van der Waals surface area contributed by atoms with E-state index in [0.717, 1.165) is 10.2 Å². The van der Waals surface area contributed by atoms with Gasteiger partial charge in [0, 0.05) is 12.0 Å². The second-order valence-corrected chi connectivity index (χ2v) is 5.28. The van der Waals surface area contributed by atoms with Crippen molar-refractivity contribution in [1.82, 2.24) is 9.97 Å². The molecule has 3 nitrogen and oxygen atoms in total. The molecule has 0 bridgehead atoms. The predicted octanol–water partition coefficient (Wildman–Crippen LogP) is 3.67. The summed E-state index contributed by atoms with van der Waals surface area (Å²) in [4.78, 5) is 10.9. The number of rotatable bonds is 2. The Morgan fingerprint density at radius 2 is 2.00 bits per heavy atom. The zero-order chi connectivity index (χ0) is 11.9. The van der Waals surface area contributed by atoms with E-state index in [1.807, 2.05) is 13.8 Å². The number of hydrogen-bond acceptors (Lipinski definition) is 4. The van der Waals surface area contributed by atoms with Crippen molar-refractivity contribution in [3.05, 3.63) is 21.4 Å². The summed E-state index contributed by atoms with van der Waals surface area (Å²) in [5, 5.41) is 1.49. The molecule has 0 aliphatic heterocycles. The summed E-state index contributed by atoms with van der Waals surface area (Å²) < 4.78 is 5.20. The smallest absolute Gasteiger partial charge is 0.160 e. The quantitative estimate of drug-likeness (QED) is 0.769. The summed E-state index contributed by atoms with van der Waals surface area (Å²) in [7, 11) is 1.64. The number of nitrogens with zero attached hydrogens (tertiary/aromatic N) is 2. The maximum Gasteiger partial charge on any atom is 0.160 e. The molecule has 2 aromatic heterocycles. The number of methoxy groups -OCH3 is 1. The molecule has 1 unspecified atom stereocenters. The Labute approximate surface area is 103 Å². The molecular formula is C11H13ClN2OS. The number of hydrogen-bond donors (Lipinski definition) is 0. The standard InChI is InChI=1S/C11H13ClN2OS/c1-5-7(3)16-11-8(5)9(12)13-10(14-11)6(2)15-4/h6H,1-4H3. The van der Waals surface area contributed by atoms with E-state index in [2.05, 4.69) is 16.9 Å². The Morgan fingerprint density at radius 1 is 1.31 bits per heavy atom. The van der Waals surface area contributed by atoms with E-state index < -0.39 is 0 Å². The number of ether oxygens (including phenoxy) is 1. The van der Waals surface area contributed by atoms with Crippen LogP contribution in [0.2, 0.25) is 5.15 Å². The third kappa shape index (κ3) is 1.81. The van der Waals surface area contributed by atoms with Crippen molar-refractivity contribution in [2.75, 3.05) is 7.11 Å². The zero-order valence-corrected chi connectivity index (χ0v) is 11.2. The average Bonchev–Trinajstić information content (AvgIpc) is 2.54. The highest BCUT2D eigenvalue weighted by Gasteiger charge is 2.15. The minimum atomic E-state index is -0.135. The third-order valence-corrected chi connectivity index (χ3v) is 4.09. The van der Waals surface area contributed by atoms with Crippen LogP contribution in [0.25, 0.3) is 10.2 Å². The average molecular weight is 257 g/mol. The minimum absolute atomic E-state index is 0.135. The van der Waals surface area contributed by atoms with Crippen molar-refractivity contribution in [3.8, 4) is 0 Å². The summed E-state index contributed by atoms with van der Waals surface area (Å²) in [5.41, 5.74) is 1.17. The lowest BCUT2D eigenvalue weighted by Gasteiger charge is -2.08. The molecule has 0 spiro atoms. The van der Waals surface area contributed by atoms with Gasteiger partial charge in [0.15, 0.2) is 5.82 Å². The lowest BCUT2D eigenvalue weighted by molar-refractivity contribution is 0.112. The van der Waals surface area contributed by atoms with Gasteiger partial charge in [-0.2, -0.15) is 0 Å². The molecule has 0 radical (unpaired) electrons. The van der Waals surface area contributed by atoms with Crippen LogP contribution in [0.3, 0.4) is 0 Å². The van der Waals surface area contributed by atoms with Gasteiger partial charge in [-0.15, -0.1) is 11.3 Å². The Morgan fingerprint density at radius 3 is 2.62 bits per heavy atom. The van der Waals surface area contributed by atoms with Crippen LogP contribution in [0, 0.1) is 13.8 Å². The number of aryl methyl sites for hydroxylation is 2. The summed E-state index contributed by atoms with van der Waals surface area (Å²) in [6.07, 6.45) is -0.135. The van der Waals surface area contributed by atoms with Crippen LogP contribution >= 0.6 is 22.9 Å². The lowest BCUT2D eigenvalue weighted by atomic mass is 10.2. The fraction of sp³-hybridized carbons (Fsp3) is 0.455. The van der Waals surface area contributed by atoms with Gasteiger partial charge in [0.1, 0.15) is 16.1 Å². The lowest BCUT2D eigenvalue weighted by Crippen LogP contribution is -2.02. The largest absolute Gasteiger partial charge is 0.374 e. The van der Waals surface area contributed by atoms with Crippen molar-refractivity contribution < 1.29 is 4.74 Å². The normalized spacial score (nSPS) is 13.3. The maximum atomic E-state index is 6.18. The molecule has 5 heteroatoms. The Bertz CT molecular complexity index is 538. The highest BCUT2D eigenvalue weighted by Crippen LogP contribution is 2.33. The molecule has 2 heterocycles. The van der Waals surface area contributed by atoms with E-state index in [9.17, 15) is 0 Å². The van der Waals surface area contributed by atoms with Gasteiger partial charge in [-0.3, -0.25) is 0 Å². The van der Waals surface area contributed by atoms with Gasteiger partial charge in [-0.1, -0.05) is 11.6 Å². The third-order valence-electron chi connectivity index (χ3n) is 2.72. The predicted molar refractivity (Wildman–Crippen MR) is 67.3 cm³/mol. The van der Waals surface area contributed by atoms with E-state index in [1.54, 1.807) is 18.4 Å². The Hall–Kier alpha value is -0.710. The second kappa shape index (κ2) is 4.28. The van der Waals surface area contributed by atoms with Crippen LogP contribution in [-0.4, -0.2) is 17.1 Å². The Kier molecular flexibility index (Phi) is 3.15. The SMILES string of the molecule is COC(C)c1nc(Cl)c2c(C)c(C)sc2n1. The highest BCUT2D eigenvalue weighted by molar-refractivity contribution is 7.18. The van der Waals surface area contributed by atoms with Crippen molar-refractivity contribution in [2.45, 2.75) is 26.9 Å². The molecule has 0 aliphatic carbocycles. The number of thiophene rings is 1. The fourth-order valence-electron chi connectivity index (χ4n) is 1.50. The van der Waals surface area contributed by atoms with Crippen LogP contribution in [-0.2, 0) is 4.74 Å². The number of fused-ring (bicyclic) bond motifs is 1. The van der Waals surface area contributed by atoms with E-state index in [1.165, 1.54) is 10.4 Å². The Balaban J connectivity index is 2.68. The summed E-state index contributed by atoms with van der Waals surface area (Å²) in [5.74, 6) is 0.640. The molecule has 2 rings (SSSR count). The molecule has 0 saturated carbocycles. The van der Waals surface area contributed by atoms with Crippen LogP contribution in [0.15, 0.2) is 0 Å². The molecule has 0 aromatic carbocycles. The summed E-state index contributed by atoms with van der Waals surface area (Å²) >= 11 is 7.83. The van der Waals surface area contributed by atoms with Crippen LogP contribution in [0.5, 0.6) is 0 Å². The molecule has 2 aromatic rings. The van der Waals surface area contributed by atoms with Gasteiger partial charge >= 0.3 is 0 Å². The molecule has 16 heavy (non-hydrogen) atoms. The summed E-state index contributed by atoms with van der Waals surface area (Å²) in [6.45, 7) is 6.02. The highest BCUT2D eigenvalue weighted by atomic mass is 35.5. The van der Waals surface area contributed by atoms with Crippen molar-refractivity contribution in [3.63, 3.8) is 0 Å².